The second-order valence-corrected chi connectivity index (χ2v) is 4.93. The highest BCUT2D eigenvalue weighted by Crippen LogP contribution is 2.48. The highest BCUT2D eigenvalue weighted by molar-refractivity contribution is 7.62. The van der Waals surface area contributed by atoms with Crippen molar-refractivity contribution in [3.8, 4) is 0 Å². The van der Waals surface area contributed by atoms with Gasteiger partial charge in [-0.2, -0.15) is 0 Å². The summed E-state index contributed by atoms with van der Waals surface area (Å²) in [7, 11) is -3.67. The quantitative estimate of drug-likeness (QED) is 0.440. The molecule has 0 aliphatic heterocycles. The molecule has 0 fully saturated rings. The van der Waals surface area contributed by atoms with Crippen LogP contribution in [-0.4, -0.2) is 23.1 Å². The standard InChI is InChI=1S/C9H13N2O5P/c1-3-15-17(14,16-4-2)8-6-5-7-10-9(8)11(12)13/h5-7H,3-4H2,1-2H3. The molecular weight excluding hydrogens is 247 g/mol. The molecule has 0 saturated heterocycles. The first-order valence-electron chi connectivity index (χ1n) is 5.04. The lowest BCUT2D eigenvalue weighted by atomic mass is 10.5. The van der Waals surface area contributed by atoms with Crippen LogP contribution in [0.5, 0.6) is 0 Å². The lowest BCUT2D eigenvalue weighted by Crippen LogP contribution is -2.16. The van der Waals surface area contributed by atoms with Gasteiger partial charge in [-0.3, -0.25) is 4.57 Å². The van der Waals surface area contributed by atoms with Gasteiger partial charge in [0.2, 0.25) is 0 Å². The predicted molar refractivity (Wildman–Crippen MR) is 61.4 cm³/mol. The normalized spacial score (nSPS) is 11.4. The molecule has 1 heterocycles. The van der Waals surface area contributed by atoms with Crippen LogP contribution in [0, 0.1) is 10.1 Å². The summed E-state index contributed by atoms with van der Waals surface area (Å²) < 4.78 is 22.4. The molecule has 1 aromatic heterocycles. The van der Waals surface area contributed by atoms with Gasteiger partial charge in [0.05, 0.1) is 13.2 Å². The van der Waals surface area contributed by atoms with Crippen molar-refractivity contribution in [2.24, 2.45) is 0 Å². The third kappa shape index (κ3) is 3.09. The van der Waals surface area contributed by atoms with E-state index >= 15 is 0 Å². The Morgan fingerprint density at radius 1 is 1.41 bits per heavy atom. The SMILES string of the molecule is CCOP(=O)(OCC)c1cccnc1[N+](=O)[O-]. The van der Waals surface area contributed by atoms with Crippen molar-refractivity contribution in [1.82, 2.24) is 4.98 Å². The molecule has 0 atom stereocenters. The summed E-state index contributed by atoms with van der Waals surface area (Å²) in [5, 5.41) is 10.7. The molecule has 0 amide bonds. The molecule has 94 valence electrons. The maximum atomic E-state index is 12.4. The summed E-state index contributed by atoms with van der Waals surface area (Å²) in [6.07, 6.45) is 1.25. The van der Waals surface area contributed by atoms with Crippen LogP contribution in [0.1, 0.15) is 13.8 Å². The fraction of sp³-hybridized carbons (Fsp3) is 0.444. The van der Waals surface area contributed by atoms with Crippen LogP contribution < -0.4 is 5.30 Å². The Balaban J connectivity index is 3.28. The van der Waals surface area contributed by atoms with Gasteiger partial charge >= 0.3 is 13.4 Å². The van der Waals surface area contributed by atoms with Crippen molar-refractivity contribution in [3.63, 3.8) is 0 Å². The molecule has 0 aromatic carbocycles. The molecule has 0 bridgehead atoms. The Morgan fingerprint density at radius 2 is 2.00 bits per heavy atom. The number of nitro groups is 1. The second-order valence-electron chi connectivity index (χ2n) is 2.94. The van der Waals surface area contributed by atoms with Crippen LogP contribution in [0.3, 0.4) is 0 Å². The number of pyridine rings is 1. The number of hydrogen-bond donors (Lipinski definition) is 0. The minimum absolute atomic E-state index is 0.117. The van der Waals surface area contributed by atoms with Crippen molar-refractivity contribution in [2.75, 3.05) is 13.2 Å². The van der Waals surface area contributed by atoms with Crippen LogP contribution in [-0.2, 0) is 13.6 Å². The van der Waals surface area contributed by atoms with E-state index in [0.717, 1.165) is 0 Å². The van der Waals surface area contributed by atoms with E-state index in [2.05, 4.69) is 4.98 Å². The highest BCUT2D eigenvalue weighted by Gasteiger charge is 2.35. The number of hydrogen-bond acceptors (Lipinski definition) is 6. The Labute approximate surface area is 98.5 Å². The van der Waals surface area contributed by atoms with Gasteiger partial charge in [-0.25, -0.2) is 0 Å². The maximum absolute atomic E-state index is 12.4. The van der Waals surface area contributed by atoms with Crippen molar-refractivity contribution in [1.29, 1.82) is 0 Å². The molecule has 0 spiro atoms. The largest absolute Gasteiger partial charge is 0.379 e. The Kier molecular flexibility index (Phi) is 4.74. The van der Waals surface area contributed by atoms with E-state index in [1.807, 2.05) is 0 Å². The van der Waals surface area contributed by atoms with Gasteiger partial charge < -0.3 is 19.2 Å². The van der Waals surface area contributed by atoms with Gasteiger partial charge in [0.25, 0.3) is 0 Å². The number of nitrogens with zero attached hydrogens (tertiary/aromatic N) is 2. The van der Waals surface area contributed by atoms with Gasteiger partial charge in [0.1, 0.15) is 6.20 Å². The van der Waals surface area contributed by atoms with Crippen molar-refractivity contribution in [2.45, 2.75) is 13.8 Å². The zero-order valence-corrected chi connectivity index (χ0v) is 10.4. The molecule has 1 rings (SSSR count). The third-order valence-electron chi connectivity index (χ3n) is 1.83. The molecule has 0 unspecified atom stereocenters. The first kappa shape index (κ1) is 13.8. The molecule has 0 radical (unpaired) electrons. The monoisotopic (exact) mass is 260 g/mol. The van der Waals surface area contributed by atoms with E-state index in [-0.39, 0.29) is 18.5 Å². The second kappa shape index (κ2) is 5.86. The fourth-order valence-electron chi connectivity index (χ4n) is 1.26. The molecule has 0 N–H and O–H groups in total. The minimum atomic E-state index is -3.67. The molecule has 17 heavy (non-hydrogen) atoms. The van der Waals surface area contributed by atoms with Crippen molar-refractivity contribution < 1.29 is 18.5 Å². The summed E-state index contributed by atoms with van der Waals surface area (Å²) in [6, 6.07) is 2.78. The van der Waals surface area contributed by atoms with Crippen LogP contribution in [0.4, 0.5) is 5.82 Å². The summed E-state index contributed by atoms with van der Waals surface area (Å²) in [4.78, 5) is 13.7. The van der Waals surface area contributed by atoms with Crippen molar-refractivity contribution in [3.05, 3.63) is 28.4 Å². The molecule has 0 aliphatic rings. The van der Waals surface area contributed by atoms with Crippen LogP contribution in [0.15, 0.2) is 18.3 Å². The first-order valence-corrected chi connectivity index (χ1v) is 6.58. The smallest absolute Gasteiger partial charge is 0.358 e. The summed E-state index contributed by atoms with van der Waals surface area (Å²) in [5.41, 5.74) is 0. The summed E-state index contributed by atoms with van der Waals surface area (Å²) in [6.45, 7) is 3.52. The topological polar surface area (TPSA) is 91.6 Å². The van der Waals surface area contributed by atoms with Crippen LogP contribution >= 0.6 is 7.60 Å². The lowest BCUT2D eigenvalue weighted by molar-refractivity contribution is -0.388. The molecule has 0 aliphatic carbocycles. The molecule has 8 heteroatoms. The molecule has 0 saturated carbocycles. The predicted octanol–water partition coefficient (Wildman–Crippen LogP) is 1.88. The fourth-order valence-corrected chi connectivity index (χ4v) is 2.94. The van der Waals surface area contributed by atoms with E-state index in [0.29, 0.717) is 0 Å². The maximum Gasteiger partial charge on any atom is 0.379 e. The van der Waals surface area contributed by atoms with Gasteiger partial charge in [-0.1, -0.05) is 0 Å². The molecular formula is C9H13N2O5P. The van der Waals surface area contributed by atoms with Gasteiger partial charge in [0, 0.05) is 0 Å². The summed E-state index contributed by atoms with van der Waals surface area (Å²) in [5.74, 6) is -0.502. The van der Waals surface area contributed by atoms with Crippen molar-refractivity contribution >= 4 is 18.7 Å². The van der Waals surface area contributed by atoms with Gasteiger partial charge in [-0.15, -0.1) is 0 Å². The third-order valence-corrected chi connectivity index (χ3v) is 3.97. The Bertz CT molecular complexity index is 441. The van der Waals surface area contributed by atoms with Crippen LogP contribution in [0.25, 0.3) is 0 Å². The average molecular weight is 260 g/mol. The zero-order valence-electron chi connectivity index (χ0n) is 9.53. The van der Waals surface area contributed by atoms with Gasteiger partial charge in [-0.05, 0) is 35.9 Å². The number of aromatic nitrogens is 1. The van der Waals surface area contributed by atoms with E-state index in [4.69, 9.17) is 9.05 Å². The van der Waals surface area contributed by atoms with E-state index in [1.54, 1.807) is 13.8 Å². The minimum Gasteiger partial charge on any atom is -0.358 e. The van der Waals surface area contributed by atoms with E-state index in [1.165, 1.54) is 18.3 Å². The van der Waals surface area contributed by atoms with E-state index in [9.17, 15) is 14.7 Å². The molecule has 1 aromatic rings. The summed E-state index contributed by atoms with van der Waals surface area (Å²) >= 11 is 0. The van der Waals surface area contributed by atoms with Crippen LogP contribution in [0.2, 0.25) is 0 Å². The highest BCUT2D eigenvalue weighted by atomic mass is 31.2. The lowest BCUT2D eigenvalue weighted by Gasteiger charge is -2.16. The average Bonchev–Trinajstić information content (AvgIpc) is 2.29. The Morgan fingerprint density at radius 3 is 2.47 bits per heavy atom. The zero-order chi connectivity index (χ0) is 12.9. The first-order chi connectivity index (χ1) is 8.05. The number of rotatable bonds is 6. The Hall–Kier alpha value is -1.30. The van der Waals surface area contributed by atoms with E-state index < -0.39 is 18.3 Å². The molecule has 7 nitrogen and oxygen atoms in total. The van der Waals surface area contributed by atoms with Gasteiger partial charge in [0.15, 0.2) is 5.30 Å².